The molecule has 0 radical (unpaired) electrons. The third-order valence-corrected chi connectivity index (χ3v) is 6.58. The van der Waals surface area contributed by atoms with Crippen LogP contribution in [0.3, 0.4) is 0 Å². The smallest absolute Gasteiger partial charge is 0.193 e. The van der Waals surface area contributed by atoms with Gasteiger partial charge < -0.3 is 11.1 Å². The highest BCUT2D eigenvalue weighted by molar-refractivity contribution is 7.92. The standard InChI is InChI=1S/C16H25N3O2S/c1-16(2,22(3,20)21)9-10-18-15(17)19-14-8-7-12-5-4-6-13(12)11-14/h7-8,11H,4-6,9-10H2,1-3H3,(H3,17,18,19). The number of aryl methyl sites for hydroxylation is 2. The van der Waals surface area contributed by atoms with Gasteiger partial charge in [-0.05, 0) is 62.8 Å². The average Bonchev–Trinajstić information content (AvgIpc) is 2.84. The fourth-order valence-electron chi connectivity index (χ4n) is 2.47. The predicted molar refractivity (Wildman–Crippen MR) is 92.1 cm³/mol. The fourth-order valence-corrected chi connectivity index (χ4v) is 2.93. The number of nitrogens with one attached hydrogen (secondary N) is 1. The van der Waals surface area contributed by atoms with Gasteiger partial charge in [-0.1, -0.05) is 6.07 Å². The minimum absolute atomic E-state index is 0.322. The van der Waals surface area contributed by atoms with Crippen molar-refractivity contribution in [3.8, 4) is 0 Å². The van der Waals surface area contributed by atoms with Crippen molar-refractivity contribution in [1.29, 1.82) is 0 Å². The lowest BCUT2D eigenvalue weighted by Gasteiger charge is -2.21. The molecule has 0 aliphatic heterocycles. The second kappa shape index (κ2) is 6.28. The quantitative estimate of drug-likeness (QED) is 0.642. The van der Waals surface area contributed by atoms with E-state index in [0.717, 1.165) is 18.5 Å². The third kappa shape index (κ3) is 4.00. The number of benzene rings is 1. The van der Waals surface area contributed by atoms with Crippen molar-refractivity contribution < 1.29 is 8.42 Å². The van der Waals surface area contributed by atoms with Crippen LogP contribution in [0, 0.1) is 0 Å². The van der Waals surface area contributed by atoms with E-state index in [1.54, 1.807) is 13.8 Å². The van der Waals surface area contributed by atoms with E-state index < -0.39 is 14.6 Å². The van der Waals surface area contributed by atoms with Gasteiger partial charge in [0.25, 0.3) is 0 Å². The minimum Gasteiger partial charge on any atom is -0.370 e. The predicted octanol–water partition coefficient (Wildman–Crippen LogP) is 2.12. The molecule has 0 unspecified atom stereocenters. The van der Waals surface area contributed by atoms with Crippen LogP contribution >= 0.6 is 0 Å². The molecule has 0 aromatic heterocycles. The molecule has 2 rings (SSSR count). The number of anilines is 1. The SMILES string of the molecule is CC(C)(CCN=C(N)Nc1ccc2c(c1)CCC2)S(C)(=O)=O. The Kier molecular flexibility index (Phi) is 4.80. The summed E-state index contributed by atoms with van der Waals surface area (Å²) in [7, 11) is -3.10. The van der Waals surface area contributed by atoms with E-state index >= 15 is 0 Å². The Balaban J connectivity index is 1.93. The van der Waals surface area contributed by atoms with E-state index in [2.05, 4.69) is 22.4 Å². The Morgan fingerprint density at radius 1 is 1.32 bits per heavy atom. The monoisotopic (exact) mass is 323 g/mol. The van der Waals surface area contributed by atoms with Gasteiger partial charge in [-0.3, -0.25) is 4.99 Å². The Bertz CT molecular complexity index is 679. The molecule has 22 heavy (non-hydrogen) atoms. The van der Waals surface area contributed by atoms with Gasteiger partial charge in [0.1, 0.15) is 0 Å². The van der Waals surface area contributed by atoms with Crippen molar-refractivity contribution in [2.75, 3.05) is 18.1 Å². The van der Waals surface area contributed by atoms with Crippen LogP contribution in [0.4, 0.5) is 5.69 Å². The van der Waals surface area contributed by atoms with Gasteiger partial charge in [-0.25, -0.2) is 8.42 Å². The van der Waals surface area contributed by atoms with Crippen molar-refractivity contribution in [1.82, 2.24) is 0 Å². The lowest BCUT2D eigenvalue weighted by atomic mass is 10.1. The molecule has 1 aliphatic rings. The van der Waals surface area contributed by atoms with Crippen LogP contribution in [0.2, 0.25) is 0 Å². The number of guanidine groups is 1. The molecule has 1 aromatic carbocycles. The molecule has 6 heteroatoms. The Morgan fingerprint density at radius 3 is 2.68 bits per heavy atom. The molecule has 0 fully saturated rings. The van der Waals surface area contributed by atoms with Crippen LogP contribution in [0.1, 0.15) is 37.8 Å². The molecular formula is C16H25N3O2S. The van der Waals surface area contributed by atoms with Crippen molar-refractivity contribution in [3.05, 3.63) is 29.3 Å². The molecule has 3 N–H and O–H groups in total. The van der Waals surface area contributed by atoms with E-state index in [4.69, 9.17) is 5.73 Å². The van der Waals surface area contributed by atoms with Crippen LogP contribution in [0.5, 0.6) is 0 Å². The first-order valence-electron chi connectivity index (χ1n) is 7.57. The molecule has 0 saturated heterocycles. The summed E-state index contributed by atoms with van der Waals surface area (Å²) in [6.45, 7) is 3.80. The van der Waals surface area contributed by atoms with E-state index in [-0.39, 0.29) is 0 Å². The topological polar surface area (TPSA) is 84.5 Å². The second-order valence-electron chi connectivity index (χ2n) is 6.51. The molecule has 1 aromatic rings. The normalized spacial score (nSPS) is 15.7. The van der Waals surface area contributed by atoms with Crippen molar-refractivity contribution in [2.24, 2.45) is 10.7 Å². The molecule has 5 nitrogen and oxygen atoms in total. The Hall–Kier alpha value is -1.56. The summed E-state index contributed by atoms with van der Waals surface area (Å²) in [5, 5.41) is 3.07. The molecule has 0 atom stereocenters. The van der Waals surface area contributed by atoms with Gasteiger partial charge in [0, 0.05) is 18.5 Å². The van der Waals surface area contributed by atoms with Crippen LogP contribution in [-0.4, -0.2) is 31.9 Å². The summed E-state index contributed by atoms with van der Waals surface area (Å²) in [4.78, 5) is 4.23. The molecule has 122 valence electrons. The molecule has 0 heterocycles. The van der Waals surface area contributed by atoms with Crippen molar-refractivity contribution >= 4 is 21.5 Å². The fraction of sp³-hybridized carbons (Fsp3) is 0.562. The van der Waals surface area contributed by atoms with Gasteiger partial charge in [0.2, 0.25) is 0 Å². The van der Waals surface area contributed by atoms with E-state index in [1.807, 2.05) is 6.07 Å². The lowest BCUT2D eigenvalue weighted by Crippen LogP contribution is -2.32. The summed E-state index contributed by atoms with van der Waals surface area (Å²) in [6.07, 6.45) is 5.18. The number of aliphatic imine (C=N–C) groups is 1. The molecule has 0 amide bonds. The van der Waals surface area contributed by atoms with Crippen LogP contribution < -0.4 is 11.1 Å². The number of nitrogens with zero attached hydrogens (tertiary/aromatic N) is 1. The highest BCUT2D eigenvalue weighted by Gasteiger charge is 2.29. The Morgan fingerprint density at radius 2 is 2.00 bits per heavy atom. The molecule has 0 spiro atoms. The maximum Gasteiger partial charge on any atom is 0.193 e. The summed E-state index contributed by atoms with van der Waals surface area (Å²) < 4.78 is 22.5. The number of nitrogens with two attached hydrogens (primary N) is 1. The lowest BCUT2D eigenvalue weighted by molar-refractivity contribution is 0.536. The highest BCUT2D eigenvalue weighted by Crippen LogP contribution is 2.24. The molecule has 0 bridgehead atoms. The van der Waals surface area contributed by atoms with Crippen LogP contribution in [-0.2, 0) is 22.7 Å². The first kappa shape index (κ1) is 16.8. The number of hydrogen-bond acceptors (Lipinski definition) is 3. The van der Waals surface area contributed by atoms with E-state index in [0.29, 0.717) is 18.9 Å². The first-order valence-corrected chi connectivity index (χ1v) is 9.46. The summed E-state index contributed by atoms with van der Waals surface area (Å²) in [5.41, 5.74) is 9.60. The minimum atomic E-state index is -3.10. The third-order valence-electron chi connectivity index (χ3n) is 4.37. The maximum atomic E-state index is 11.6. The zero-order valence-corrected chi connectivity index (χ0v) is 14.3. The number of rotatable bonds is 5. The van der Waals surface area contributed by atoms with Crippen molar-refractivity contribution in [2.45, 2.75) is 44.3 Å². The van der Waals surface area contributed by atoms with Gasteiger partial charge >= 0.3 is 0 Å². The van der Waals surface area contributed by atoms with E-state index in [1.165, 1.54) is 23.8 Å². The second-order valence-corrected chi connectivity index (χ2v) is 9.16. The van der Waals surface area contributed by atoms with Crippen LogP contribution in [0.25, 0.3) is 0 Å². The Labute approximate surface area is 132 Å². The highest BCUT2D eigenvalue weighted by atomic mass is 32.2. The zero-order chi connectivity index (χ0) is 16.4. The summed E-state index contributed by atoms with van der Waals surface area (Å²) in [5.74, 6) is 0.322. The average molecular weight is 323 g/mol. The molecule has 0 saturated carbocycles. The number of hydrogen-bond donors (Lipinski definition) is 2. The van der Waals surface area contributed by atoms with Crippen molar-refractivity contribution in [3.63, 3.8) is 0 Å². The largest absolute Gasteiger partial charge is 0.370 e. The zero-order valence-electron chi connectivity index (χ0n) is 13.5. The van der Waals surface area contributed by atoms with Gasteiger partial charge in [-0.2, -0.15) is 0 Å². The molecule has 1 aliphatic carbocycles. The number of fused-ring (bicyclic) bond motifs is 1. The van der Waals surface area contributed by atoms with Crippen LogP contribution in [0.15, 0.2) is 23.2 Å². The van der Waals surface area contributed by atoms with Gasteiger partial charge in [0.05, 0.1) is 4.75 Å². The number of sulfone groups is 1. The van der Waals surface area contributed by atoms with E-state index in [9.17, 15) is 8.42 Å². The summed E-state index contributed by atoms with van der Waals surface area (Å²) in [6, 6.07) is 6.25. The first-order chi connectivity index (χ1) is 10.2. The van der Waals surface area contributed by atoms with Gasteiger partial charge in [-0.15, -0.1) is 0 Å². The maximum absolute atomic E-state index is 11.6. The summed E-state index contributed by atoms with van der Waals surface area (Å²) >= 11 is 0. The molecular weight excluding hydrogens is 298 g/mol. The van der Waals surface area contributed by atoms with Gasteiger partial charge in [0.15, 0.2) is 15.8 Å².